The molecule has 0 aliphatic heterocycles. The molecule has 0 radical (unpaired) electrons. The topological polar surface area (TPSA) is 96.0 Å². The van der Waals surface area contributed by atoms with Crippen LogP contribution in [0.3, 0.4) is 0 Å². The minimum atomic E-state index is -3.57. The number of rotatable bonds is 14. The fraction of sp³-hybridized carbons (Fsp3) is 0.375. The molecule has 2 amide bonds. The molecule has 220 valence electrons. The Balaban J connectivity index is 1.89. The van der Waals surface area contributed by atoms with Crippen LogP contribution in [0.15, 0.2) is 72.8 Å². The zero-order valence-corrected chi connectivity index (χ0v) is 25.4. The SMILES string of the molecule is CCNC(=O)[C@H](Cc1ccccc1)N(Cc1cccc(OC)c1)C(=O)CCCN(c1cc(C)cc(C)c1)S(C)(=O)=O. The number of ether oxygens (including phenoxy) is 1. The third kappa shape index (κ3) is 9.35. The fourth-order valence-electron chi connectivity index (χ4n) is 4.91. The quantitative estimate of drug-likeness (QED) is 0.300. The molecule has 0 bridgehead atoms. The molecule has 0 unspecified atom stereocenters. The molecule has 0 heterocycles. The number of amides is 2. The minimum absolute atomic E-state index is 0.0749. The number of carbonyl (C=O) groups is 2. The molecule has 0 saturated heterocycles. The van der Waals surface area contributed by atoms with Gasteiger partial charge in [-0.2, -0.15) is 0 Å². The summed E-state index contributed by atoms with van der Waals surface area (Å²) in [5.74, 6) is 0.194. The molecule has 3 aromatic rings. The van der Waals surface area contributed by atoms with Crippen LogP contribution in [-0.2, 0) is 32.6 Å². The van der Waals surface area contributed by atoms with Crippen molar-refractivity contribution in [3.8, 4) is 5.75 Å². The molecule has 41 heavy (non-hydrogen) atoms. The molecule has 0 aliphatic rings. The molecule has 3 aromatic carbocycles. The lowest BCUT2D eigenvalue weighted by Gasteiger charge is -2.32. The number of hydrogen-bond donors (Lipinski definition) is 1. The number of sulfonamides is 1. The number of nitrogens with one attached hydrogen (secondary N) is 1. The van der Waals surface area contributed by atoms with E-state index < -0.39 is 16.1 Å². The van der Waals surface area contributed by atoms with E-state index in [1.807, 2.05) is 93.6 Å². The van der Waals surface area contributed by atoms with Crippen molar-refractivity contribution < 1.29 is 22.7 Å². The third-order valence-electron chi connectivity index (χ3n) is 6.76. The van der Waals surface area contributed by atoms with Crippen LogP contribution < -0.4 is 14.4 Å². The van der Waals surface area contributed by atoms with Gasteiger partial charge in [0.05, 0.1) is 19.1 Å². The molecule has 3 rings (SSSR count). The van der Waals surface area contributed by atoms with Gasteiger partial charge in [-0.15, -0.1) is 0 Å². The van der Waals surface area contributed by atoms with E-state index in [1.54, 1.807) is 12.0 Å². The van der Waals surface area contributed by atoms with Crippen molar-refractivity contribution in [3.63, 3.8) is 0 Å². The Labute approximate surface area is 244 Å². The lowest BCUT2D eigenvalue weighted by Crippen LogP contribution is -2.50. The van der Waals surface area contributed by atoms with Gasteiger partial charge in [0.25, 0.3) is 0 Å². The van der Waals surface area contributed by atoms with Crippen LogP contribution in [0.4, 0.5) is 5.69 Å². The van der Waals surface area contributed by atoms with Crippen LogP contribution in [-0.4, -0.2) is 57.6 Å². The van der Waals surface area contributed by atoms with Gasteiger partial charge in [0.1, 0.15) is 11.8 Å². The number of methoxy groups -OCH3 is 1. The molecule has 9 heteroatoms. The van der Waals surface area contributed by atoms with Gasteiger partial charge in [-0.1, -0.05) is 48.5 Å². The zero-order valence-electron chi connectivity index (χ0n) is 24.6. The zero-order chi connectivity index (χ0) is 30.0. The average Bonchev–Trinajstić information content (AvgIpc) is 2.92. The lowest BCUT2D eigenvalue weighted by molar-refractivity contribution is -0.141. The van der Waals surface area contributed by atoms with E-state index in [0.717, 1.165) is 22.3 Å². The molecule has 0 fully saturated rings. The number of hydrogen-bond acceptors (Lipinski definition) is 5. The summed E-state index contributed by atoms with van der Waals surface area (Å²) in [6, 6.07) is 21.9. The lowest BCUT2D eigenvalue weighted by atomic mass is 10.0. The second-order valence-corrected chi connectivity index (χ2v) is 12.2. The first-order valence-electron chi connectivity index (χ1n) is 13.8. The van der Waals surface area contributed by atoms with Crippen molar-refractivity contribution in [2.75, 3.05) is 30.8 Å². The summed E-state index contributed by atoms with van der Waals surface area (Å²) in [4.78, 5) is 28.8. The van der Waals surface area contributed by atoms with Crippen molar-refractivity contribution in [1.82, 2.24) is 10.2 Å². The third-order valence-corrected chi connectivity index (χ3v) is 7.95. The van der Waals surface area contributed by atoms with Gasteiger partial charge >= 0.3 is 0 Å². The molecule has 0 saturated carbocycles. The molecular weight excluding hydrogens is 538 g/mol. The molecule has 0 aromatic heterocycles. The molecular formula is C32H41N3O5S. The standard InChI is InChI=1S/C32H41N3O5S/c1-6-33-32(37)30(22-26-12-8-7-9-13-26)34(23-27-14-10-15-29(21-27)40-4)31(36)16-11-17-35(41(5,38)39)28-19-24(2)18-25(3)20-28/h7-10,12-15,18-21,30H,6,11,16-17,22-23H2,1-5H3,(H,33,37)/t30-/m0/s1. The Morgan fingerprint density at radius 3 is 2.20 bits per heavy atom. The molecule has 8 nitrogen and oxygen atoms in total. The Kier molecular flexibility index (Phi) is 11.3. The summed E-state index contributed by atoms with van der Waals surface area (Å²) in [7, 11) is -1.99. The summed E-state index contributed by atoms with van der Waals surface area (Å²) in [6.45, 7) is 6.47. The van der Waals surface area contributed by atoms with Gasteiger partial charge in [0.2, 0.25) is 21.8 Å². The highest BCUT2D eigenvalue weighted by Crippen LogP contribution is 2.23. The van der Waals surface area contributed by atoms with Gasteiger partial charge in [-0.3, -0.25) is 13.9 Å². The van der Waals surface area contributed by atoms with Gasteiger partial charge in [0.15, 0.2) is 0 Å². The summed E-state index contributed by atoms with van der Waals surface area (Å²) >= 11 is 0. The number of anilines is 1. The van der Waals surface area contributed by atoms with E-state index >= 15 is 0 Å². The number of nitrogens with zero attached hydrogens (tertiary/aromatic N) is 2. The van der Waals surface area contributed by atoms with Crippen molar-refractivity contribution in [3.05, 3.63) is 95.1 Å². The number of benzene rings is 3. The van der Waals surface area contributed by atoms with Gasteiger partial charge < -0.3 is 15.0 Å². The van der Waals surface area contributed by atoms with E-state index in [0.29, 0.717) is 30.8 Å². The van der Waals surface area contributed by atoms with Crippen LogP contribution in [0.5, 0.6) is 5.75 Å². The number of carbonyl (C=O) groups excluding carboxylic acids is 2. The number of aryl methyl sites for hydroxylation is 2. The van der Waals surface area contributed by atoms with Crippen LogP contribution in [0.1, 0.15) is 42.0 Å². The largest absolute Gasteiger partial charge is 0.497 e. The highest BCUT2D eigenvalue weighted by molar-refractivity contribution is 7.92. The van der Waals surface area contributed by atoms with Crippen molar-refractivity contribution in [2.24, 2.45) is 0 Å². The smallest absolute Gasteiger partial charge is 0.243 e. The van der Waals surface area contributed by atoms with Gasteiger partial charge in [-0.05, 0) is 73.7 Å². The Morgan fingerprint density at radius 1 is 0.927 bits per heavy atom. The molecule has 1 N–H and O–H groups in total. The second kappa shape index (κ2) is 14.7. The number of likely N-dealkylation sites (N-methyl/N-ethyl adjacent to an activating group) is 1. The molecule has 1 atom stereocenters. The monoisotopic (exact) mass is 579 g/mol. The van der Waals surface area contributed by atoms with E-state index in [1.165, 1.54) is 10.6 Å². The Morgan fingerprint density at radius 2 is 1.59 bits per heavy atom. The van der Waals surface area contributed by atoms with Crippen molar-refractivity contribution >= 4 is 27.5 Å². The van der Waals surface area contributed by atoms with Crippen LogP contribution in [0, 0.1) is 13.8 Å². The highest BCUT2D eigenvalue weighted by atomic mass is 32.2. The van der Waals surface area contributed by atoms with Crippen molar-refractivity contribution in [2.45, 2.75) is 52.6 Å². The highest BCUT2D eigenvalue weighted by Gasteiger charge is 2.30. The summed E-state index contributed by atoms with van der Waals surface area (Å²) in [6.07, 6.45) is 1.89. The van der Waals surface area contributed by atoms with E-state index in [2.05, 4.69) is 5.32 Å². The first-order valence-corrected chi connectivity index (χ1v) is 15.7. The fourth-order valence-corrected chi connectivity index (χ4v) is 5.86. The van der Waals surface area contributed by atoms with Crippen LogP contribution in [0.25, 0.3) is 0 Å². The summed E-state index contributed by atoms with van der Waals surface area (Å²) in [5, 5.41) is 2.89. The predicted octanol–water partition coefficient (Wildman–Crippen LogP) is 4.63. The van der Waals surface area contributed by atoms with Gasteiger partial charge in [0, 0.05) is 32.5 Å². The minimum Gasteiger partial charge on any atom is -0.497 e. The van der Waals surface area contributed by atoms with Crippen molar-refractivity contribution in [1.29, 1.82) is 0 Å². The summed E-state index contributed by atoms with van der Waals surface area (Å²) < 4.78 is 32.1. The van der Waals surface area contributed by atoms with Gasteiger partial charge in [-0.25, -0.2) is 8.42 Å². The van der Waals surface area contributed by atoms with E-state index in [-0.39, 0.29) is 31.3 Å². The van der Waals surface area contributed by atoms with E-state index in [4.69, 9.17) is 4.74 Å². The average molecular weight is 580 g/mol. The molecule has 0 aliphatic carbocycles. The molecule has 0 spiro atoms. The summed E-state index contributed by atoms with van der Waals surface area (Å²) in [5.41, 5.74) is 4.26. The predicted molar refractivity (Wildman–Crippen MR) is 164 cm³/mol. The first-order chi connectivity index (χ1) is 19.5. The second-order valence-electron chi connectivity index (χ2n) is 10.3. The first kappa shape index (κ1) is 31.7. The Hall–Kier alpha value is -3.85. The van der Waals surface area contributed by atoms with E-state index in [9.17, 15) is 18.0 Å². The maximum absolute atomic E-state index is 13.9. The van der Waals surface area contributed by atoms with Crippen LogP contribution >= 0.6 is 0 Å². The maximum atomic E-state index is 13.9. The maximum Gasteiger partial charge on any atom is 0.243 e. The normalized spacial score (nSPS) is 11.9. The van der Waals surface area contributed by atoms with Crippen LogP contribution in [0.2, 0.25) is 0 Å². The Bertz CT molecular complexity index is 1410.